The van der Waals surface area contributed by atoms with Crippen molar-refractivity contribution in [2.45, 2.75) is 197 Å². The number of ether oxygens (including phenoxy) is 2. The Bertz CT molecular complexity index is 3690. The zero-order valence-electron chi connectivity index (χ0n) is 52.9. The van der Waals surface area contributed by atoms with E-state index in [0.29, 0.717) is 105 Å². The number of hydrogen-bond donors (Lipinski definition) is 2. The Morgan fingerprint density at radius 3 is 1.59 bits per heavy atom. The highest BCUT2D eigenvalue weighted by Crippen LogP contribution is 2.52. The number of allylic oxidation sites excluding steroid dienone is 6. The summed E-state index contributed by atoms with van der Waals surface area (Å²) in [5.41, 5.74) is 3.64. The molecule has 0 unspecified atom stereocenters. The van der Waals surface area contributed by atoms with Crippen LogP contribution in [0.2, 0.25) is 10.0 Å². The quantitative estimate of drug-likeness (QED) is 0.0256. The number of fused-ring (bicyclic) bond motifs is 2. The van der Waals surface area contributed by atoms with Crippen molar-refractivity contribution in [2.75, 3.05) is 39.5 Å². The fourth-order valence-electron chi connectivity index (χ4n) is 12.6. The van der Waals surface area contributed by atoms with Crippen molar-refractivity contribution >= 4 is 91.2 Å². The third-order valence-corrected chi connectivity index (χ3v) is 20.7. The maximum Gasteiger partial charge on any atom is 0.573 e. The van der Waals surface area contributed by atoms with Gasteiger partial charge in [0.15, 0.2) is 0 Å². The minimum absolute atomic E-state index is 0.0484. The number of benzene rings is 4. The van der Waals surface area contributed by atoms with E-state index in [1.165, 1.54) is 115 Å². The maximum absolute atomic E-state index is 14.3. The average Bonchev–Trinajstić information content (AvgIpc) is 1.60. The monoisotopic (exact) mass is 1350 g/mol. The van der Waals surface area contributed by atoms with Crippen LogP contribution in [-0.2, 0) is 30.4 Å². The van der Waals surface area contributed by atoms with Gasteiger partial charge in [-0.3, -0.25) is 14.3 Å². The molecule has 4 heterocycles. The van der Waals surface area contributed by atoms with E-state index in [-0.39, 0.29) is 21.1 Å². The Morgan fingerprint density at radius 1 is 0.609 bits per heavy atom. The van der Waals surface area contributed by atoms with Crippen molar-refractivity contribution in [2.24, 2.45) is 10.2 Å². The van der Waals surface area contributed by atoms with Crippen LogP contribution in [0.15, 0.2) is 140 Å². The second-order valence-corrected chi connectivity index (χ2v) is 28.4. The minimum Gasteiger partial charge on any atom is -0.406 e. The van der Waals surface area contributed by atoms with Gasteiger partial charge in [-0.25, -0.2) is 13.1 Å². The average molecular weight is 1350 g/mol. The third kappa shape index (κ3) is 16.6. The molecule has 4 aromatic rings. The van der Waals surface area contributed by atoms with Crippen molar-refractivity contribution in [3.05, 3.63) is 141 Å². The highest BCUT2D eigenvalue weighted by atomic mass is 35.5. The molecule has 2 amide bonds. The van der Waals surface area contributed by atoms with Crippen LogP contribution in [0.5, 0.6) is 11.5 Å². The molecule has 2 N–H and O–H groups in total. The molecular formula is C68H80Cl2F6N8O6S2. The molecule has 1 fully saturated rings. The number of rotatable bonds is 27. The molecule has 496 valence electrons. The maximum atomic E-state index is 14.3. The molecule has 92 heavy (non-hydrogen) atoms. The molecule has 9 rings (SSSR count). The van der Waals surface area contributed by atoms with Crippen LogP contribution in [0.1, 0.15) is 169 Å². The standard InChI is InChI=1S/C68H80Cl2F6N8O6S2/c1-8-9-10-11-12-13-14-15-16-20-37-77-92(87,88)50-29-25-47(26-30-50)83-63(85)51(44(2)78-83)31-35-61-65(4,5)53-40-48(89-67(71,72)73)27-33-57(53)81(61)38-21-22-39-82-58-34-28-49(90-68(74,75)76)41-54(58)66(6,7)62(82)36-32-52-45(3)79-84(64(52)86)59-42-56(70)60(43-55(59)69)91-80-46-23-18-17-19-24-46/h25-36,40-43,46,77,80H,8-24,37-39H2,1-7H3/b51-31-,52-32-,61-35+,62-36+. The summed E-state index contributed by atoms with van der Waals surface area (Å²) in [6.07, 6.45) is 14.8. The minimum atomic E-state index is -4.96. The summed E-state index contributed by atoms with van der Waals surface area (Å²) < 4.78 is 123. The van der Waals surface area contributed by atoms with Crippen molar-refractivity contribution in [1.29, 1.82) is 0 Å². The number of nitrogens with zero attached hydrogens (tertiary/aromatic N) is 6. The van der Waals surface area contributed by atoms with Crippen LogP contribution in [0.25, 0.3) is 0 Å². The van der Waals surface area contributed by atoms with Gasteiger partial charge in [0.05, 0.1) is 48.9 Å². The Labute approximate surface area is 550 Å². The van der Waals surface area contributed by atoms with Crippen LogP contribution < -0.4 is 38.7 Å². The lowest BCUT2D eigenvalue weighted by molar-refractivity contribution is -0.275. The molecule has 5 aliphatic rings. The highest BCUT2D eigenvalue weighted by molar-refractivity contribution is 7.97. The summed E-state index contributed by atoms with van der Waals surface area (Å²) in [5, 5.41) is 12.2. The predicted octanol–water partition coefficient (Wildman–Crippen LogP) is 18.1. The van der Waals surface area contributed by atoms with Gasteiger partial charge in [0.2, 0.25) is 10.0 Å². The van der Waals surface area contributed by atoms with E-state index in [9.17, 15) is 44.3 Å². The molecule has 1 saturated carbocycles. The Balaban J connectivity index is 0.923. The smallest absolute Gasteiger partial charge is 0.406 e. The van der Waals surface area contributed by atoms with Crippen LogP contribution in [0.4, 0.5) is 49.1 Å². The lowest BCUT2D eigenvalue weighted by Crippen LogP contribution is -2.29. The second kappa shape index (κ2) is 29.6. The molecule has 0 bridgehead atoms. The highest BCUT2D eigenvalue weighted by Gasteiger charge is 2.44. The molecule has 0 atom stereocenters. The van der Waals surface area contributed by atoms with E-state index in [1.54, 1.807) is 62.4 Å². The molecule has 4 aliphatic heterocycles. The number of alkyl halides is 6. The van der Waals surface area contributed by atoms with Gasteiger partial charge in [0.1, 0.15) is 11.5 Å². The summed E-state index contributed by atoms with van der Waals surface area (Å²) in [7, 11) is -3.82. The number of hydrazone groups is 2. The first-order chi connectivity index (χ1) is 43.6. The SMILES string of the molecule is CCCCCCCCCCCCNS(=O)(=O)c1ccc(N2N=C(C)/C(=C/C=C3/N(CCCCN4/C(=C/C=C5\C(=O)N(c6cc(Cl)c(SNC7CCCCC7)cc6Cl)N=C5C)C(C)(C)c5cc(OC(F)(F)F)ccc54)c4ccc(OC(F)(F)F)cc4C3(C)C)C2=O)cc1. The van der Waals surface area contributed by atoms with Gasteiger partial charge in [-0.15, -0.1) is 26.3 Å². The lowest BCUT2D eigenvalue weighted by atomic mass is 9.83. The van der Waals surface area contributed by atoms with Crippen molar-refractivity contribution in [3.8, 4) is 11.5 Å². The van der Waals surface area contributed by atoms with Gasteiger partial charge in [0.25, 0.3) is 11.8 Å². The number of unbranched alkanes of at least 4 members (excludes halogenated alkanes) is 10. The molecule has 1 aliphatic carbocycles. The molecule has 14 nitrogen and oxygen atoms in total. The number of halogens is 8. The number of amides is 2. The molecule has 0 spiro atoms. The third-order valence-electron chi connectivity index (χ3n) is 17.5. The van der Waals surface area contributed by atoms with Crippen LogP contribution in [0.3, 0.4) is 0 Å². The zero-order chi connectivity index (χ0) is 66.3. The summed E-state index contributed by atoms with van der Waals surface area (Å²) in [6, 6.07) is 17.9. The van der Waals surface area contributed by atoms with Crippen molar-refractivity contribution < 1.29 is 53.8 Å². The van der Waals surface area contributed by atoms with Crippen molar-refractivity contribution in [3.63, 3.8) is 0 Å². The lowest BCUT2D eigenvalue weighted by Gasteiger charge is -2.29. The predicted molar refractivity (Wildman–Crippen MR) is 356 cm³/mol. The van der Waals surface area contributed by atoms with E-state index in [2.05, 4.69) is 36.0 Å². The number of sulfonamides is 1. The molecule has 24 heteroatoms. The first-order valence-corrected chi connectivity index (χ1v) is 34.6. The van der Waals surface area contributed by atoms with E-state index in [0.717, 1.165) is 51.4 Å². The number of carbonyl (C=O) groups excluding carboxylic acids is 2. The van der Waals surface area contributed by atoms with Gasteiger partial charge in [-0.2, -0.15) is 20.2 Å². The Kier molecular flexibility index (Phi) is 22.5. The molecule has 0 radical (unpaired) electrons. The van der Waals surface area contributed by atoms with Crippen molar-refractivity contribution in [1.82, 2.24) is 9.44 Å². The van der Waals surface area contributed by atoms with E-state index in [4.69, 9.17) is 23.2 Å². The van der Waals surface area contributed by atoms with Gasteiger partial charge in [-0.05, 0) is 166 Å². The van der Waals surface area contributed by atoms with Gasteiger partial charge < -0.3 is 19.3 Å². The largest absolute Gasteiger partial charge is 0.573 e. The number of carbonyl (C=O) groups is 2. The van der Waals surface area contributed by atoms with Gasteiger partial charge in [0, 0.05) is 64.2 Å². The van der Waals surface area contributed by atoms with E-state index in [1.807, 2.05) is 37.5 Å². The fraction of sp³-hybridized carbons (Fsp3) is 0.471. The Hall–Kier alpha value is -6.30. The topological polar surface area (TPSA) is 148 Å². The molecule has 0 saturated heterocycles. The van der Waals surface area contributed by atoms with E-state index >= 15 is 0 Å². The summed E-state index contributed by atoms with van der Waals surface area (Å²) in [4.78, 5) is 33.2. The first kappa shape index (κ1) is 70.0. The van der Waals surface area contributed by atoms with Gasteiger partial charge in [-0.1, -0.05) is 135 Å². The van der Waals surface area contributed by atoms with Crippen LogP contribution in [0, 0.1) is 0 Å². The van der Waals surface area contributed by atoms with E-state index < -0.39 is 56.9 Å². The Morgan fingerprint density at radius 2 is 1.09 bits per heavy atom. The van der Waals surface area contributed by atoms with Gasteiger partial charge >= 0.3 is 12.7 Å². The first-order valence-electron chi connectivity index (χ1n) is 31.6. The number of anilines is 4. The summed E-state index contributed by atoms with van der Waals surface area (Å²) in [6.45, 7) is 14.0. The van der Waals surface area contributed by atoms with Crippen LogP contribution >= 0.6 is 35.1 Å². The number of nitrogens with one attached hydrogen (secondary N) is 2. The van der Waals surface area contributed by atoms with Crippen LogP contribution in [-0.4, -0.2) is 70.1 Å². The normalized spacial score (nSPS) is 19.3. The summed E-state index contributed by atoms with van der Waals surface area (Å²) >= 11 is 15.0. The fourth-order valence-corrected chi connectivity index (χ4v) is 15.1. The molecular weight excluding hydrogens is 1270 g/mol. The zero-order valence-corrected chi connectivity index (χ0v) is 56.1. The number of hydrogen-bond acceptors (Lipinski definition) is 12. The molecule has 4 aromatic carbocycles. The summed E-state index contributed by atoms with van der Waals surface area (Å²) in [5.74, 6) is -1.75. The second-order valence-electron chi connectivity index (χ2n) is 24.9. The molecule has 0 aromatic heterocycles.